The Morgan fingerprint density at radius 3 is 2.48 bits per heavy atom. The Labute approximate surface area is 204 Å². The van der Waals surface area contributed by atoms with Crippen LogP contribution in [0, 0.1) is 11.2 Å². The first kappa shape index (κ1) is 28.0. The molecule has 0 aliphatic carbocycles. The van der Waals surface area contributed by atoms with E-state index in [1.807, 2.05) is 20.8 Å². The van der Waals surface area contributed by atoms with E-state index in [9.17, 15) is 14.3 Å². The second-order valence-electron chi connectivity index (χ2n) is 10.9. The summed E-state index contributed by atoms with van der Waals surface area (Å²) in [6.45, 7) is 13.7. The van der Waals surface area contributed by atoms with Gasteiger partial charge in [-0.3, -0.25) is 4.90 Å². The summed E-state index contributed by atoms with van der Waals surface area (Å²) >= 11 is 3.27. The number of nitrogens with zero attached hydrogens (tertiary/aromatic N) is 1. The fourth-order valence-electron chi connectivity index (χ4n) is 3.65. The van der Waals surface area contributed by atoms with Crippen molar-refractivity contribution in [1.29, 1.82) is 0 Å². The lowest BCUT2D eigenvalue weighted by atomic mass is 9.94. The van der Waals surface area contributed by atoms with Crippen LogP contribution in [-0.2, 0) is 20.6 Å². The summed E-state index contributed by atoms with van der Waals surface area (Å²) in [5.74, 6) is -0.398. The summed E-state index contributed by atoms with van der Waals surface area (Å²) in [5.41, 5.74) is 6.14. The van der Waals surface area contributed by atoms with Gasteiger partial charge in [0.1, 0.15) is 11.4 Å². The molecule has 1 amide bonds. The number of aliphatic hydroxyl groups is 1. The molecule has 0 radical (unpaired) electrons. The Balaban J connectivity index is 2.23. The van der Waals surface area contributed by atoms with Gasteiger partial charge in [-0.25, -0.2) is 9.18 Å². The number of hydrogen-bond donors (Lipinski definition) is 2. The molecule has 0 spiro atoms. The summed E-state index contributed by atoms with van der Waals surface area (Å²) in [6.07, 6.45) is -2.16. The standard InChI is InChI=1S/C24H38BrFN2O5/c1-14-21(32-13-23(2,3)4)31-12-19(28(14)22(30)33-24(5,6)7)20(29)18(27)10-15-8-16(25)11-17(26)9-15/h8-9,11,14,18-21,29H,10,12-13,27H2,1-7H3/t14-,18-,19+,20-,21-/m0/s1. The fourth-order valence-corrected chi connectivity index (χ4v) is 4.16. The third-order valence-corrected chi connectivity index (χ3v) is 5.59. The molecule has 0 unspecified atom stereocenters. The predicted octanol–water partition coefficient (Wildman–Crippen LogP) is 4.23. The van der Waals surface area contributed by atoms with Crippen molar-refractivity contribution in [2.75, 3.05) is 13.2 Å². The lowest BCUT2D eigenvalue weighted by Crippen LogP contribution is -2.65. The quantitative estimate of drug-likeness (QED) is 0.569. The van der Waals surface area contributed by atoms with Crippen LogP contribution in [0.15, 0.2) is 22.7 Å². The Morgan fingerprint density at radius 1 is 1.30 bits per heavy atom. The van der Waals surface area contributed by atoms with E-state index in [4.69, 9.17) is 19.9 Å². The molecule has 1 aromatic carbocycles. The zero-order chi connectivity index (χ0) is 25.1. The van der Waals surface area contributed by atoms with Crippen molar-refractivity contribution in [3.63, 3.8) is 0 Å². The molecule has 7 nitrogen and oxygen atoms in total. The second kappa shape index (κ2) is 11.0. The molecule has 188 valence electrons. The van der Waals surface area contributed by atoms with E-state index in [1.54, 1.807) is 33.8 Å². The first-order chi connectivity index (χ1) is 15.1. The summed E-state index contributed by atoms with van der Waals surface area (Å²) in [7, 11) is 0. The molecule has 1 fully saturated rings. The number of carbonyl (C=O) groups excluding carboxylic acids is 1. The van der Waals surface area contributed by atoms with Crippen molar-refractivity contribution in [3.8, 4) is 0 Å². The highest BCUT2D eigenvalue weighted by molar-refractivity contribution is 9.10. The molecular weight excluding hydrogens is 495 g/mol. The summed E-state index contributed by atoms with van der Waals surface area (Å²) in [6, 6.07) is 2.43. The van der Waals surface area contributed by atoms with Crippen molar-refractivity contribution < 1.29 is 28.5 Å². The average molecular weight is 533 g/mol. The average Bonchev–Trinajstić information content (AvgIpc) is 2.63. The number of morpholine rings is 1. The number of hydrogen-bond acceptors (Lipinski definition) is 6. The molecule has 2 rings (SSSR count). The molecule has 5 atom stereocenters. The van der Waals surface area contributed by atoms with E-state index in [0.29, 0.717) is 16.6 Å². The number of rotatable bonds is 6. The van der Waals surface area contributed by atoms with Gasteiger partial charge in [0.2, 0.25) is 0 Å². The molecule has 1 aromatic rings. The Bertz CT molecular complexity index is 791. The predicted molar refractivity (Wildman–Crippen MR) is 128 cm³/mol. The molecule has 0 saturated carbocycles. The Kier molecular flexibility index (Phi) is 9.32. The smallest absolute Gasteiger partial charge is 0.411 e. The topological polar surface area (TPSA) is 94.2 Å². The number of amides is 1. The number of ether oxygens (including phenoxy) is 3. The molecule has 0 bridgehead atoms. The van der Waals surface area contributed by atoms with Crippen molar-refractivity contribution in [2.24, 2.45) is 11.1 Å². The minimum atomic E-state index is -1.13. The van der Waals surface area contributed by atoms with Crippen LogP contribution >= 0.6 is 15.9 Å². The lowest BCUT2D eigenvalue weighted by molar-refractivity contribution is -0.233. The van der Waals surface area contributed by atoms with Gasteiger partial charge in [0.25, 0.3) is 0 Å². The third-order valence-electron chi connectivity index (χ3n) is 5.13. The SMILES string of the molecule is C[C@H]1[C@H](OCC(C)(C)C)OC[C@H]([C@@H](O)[C@@H](N)Cc2cc(F)cc(Br)c2)N1C(=O)OC(C)(C)C. The normalized spacial score (nSPS) is 23.8. The first-order valence-corrected chi connectivity index (χ1v) is 12.0. The minimum absolute atomic E-state index is 0.0279. The molecule has 1 aliphatic rings. The second-order valence-corrected chi connectivity index (χ2v) is 11.8. The molecule has 1 saturated heterocycles. The Hall–Kier alpha value is -1.26. The van der Waals surface area contributed by atoms with Crippen LogP contribution in [0.3, 0.4) is 0 Å². The van der Waals surface area contributed by atoms with Gasteiger partial charge in [0.15, 0.2) is 6.29 Å². The molecular formula is C24H38BrFN2O5. The van der Waals surface area contributed by atoms with E-state index >= 15 is 0 Å². The minimum Gasteiger partial charge on any atom is -0.444 e. The van der Waals surface area contributed by atoms with E-state index in [-0.39, 0.29) is 18.4 Å². The number of halogens is 2. The molecule has 0 aromatic heterocycles. The highest BCUT2D eigenvalue weighted by atomic mass is 79.9. The van der Waals surface area contributed by atoms with Crippen molar-refractivity contribution >= 4 is 22.0 Å². The van der Waals surface area contributed by atoms with Crippen molar-refractivity contribution in [1.82, 2.24) is 4.90 Å². The molecule has 33 heavy (non-hydrogen) atoms. The van der Waals surface area contributed by atoms with Gasteiger partial charge in [0.05, 0.1) is 31.4 Å². The van der Waals surface area contributed by atoms with Gasteiger partial charge in [-0.1, -0.05) is 36.7 Å². The van der Waals surface area contributed by atoms with E-state index in [2.05, 4.69) is 15.9 Å². The van der Waals surface area contributed by atoms with Crippen LogP contribution in [0.25, 0.3) is 0 Å². The van der Waals surface area contributed by atoms with E-state index in [0.717, 1.165) is 0 Å². The molecule has 3 N–H and O–H groups in total. The van der Waals surface area contributed by atoms with Crippen LogP contribution < -0.4 is 5.73 Å². The third kappa shape index (κ3) is 8.47. The van der Waals surface area contributed by atoms with Crippen LogP contribution in [0.5, 0.6) is 0 Å². The van der Waals surface area contributed by atoms with Crippen LogP contribution in [0.2, 0.25) is 0 Å². The van der Waals surface area contributed by atoms with Gasteiger partial charge in [-0.05, 0) is 63.3 Å². The van der Waals surface area contributed by atoms with Crippen LogP contribution in [-0.4, -0.2) is 65.4 Å². The van der Waals surface area contributed by atoms with Gasteiger partial charge in [0, 0.05) is 10.5 Å². The van der Waals surface area contributed by atoms with Crippen molar-refractivity contribution in [2.45, 2.75) is 91.0 Å². The fraction of sp³-hybridized carbons (Fsp3) is 0.708. The van der Waals surface area contributed by atoms with Gasteiger partial charge < -0.3 is 25.1 Å². The maximum atomic E-state index is 13.8. The number of aliphatic hydroxyl groups excluding tert-OH is 1. The van der Waals surface area contributed by atoms with Crippen LogP contribution in [0.4, 0.5) is 9.18 Å². The highest BCUT2D eigenvalue weighted by Crippen LogP contribution is 2.28. The zero-order valence-corrected chi connectivity index (χ0v) is 22.2. The largest absolute Gasteiger partial charge is 0.444 e. The van der Waals surface area contributed by atoms with Gasteiger partial charge in [-0.2, -0.15) is 0 Å². The zero-order valence-electron chi connectivity index (χ0n) is 20.6. The van der Waals surface area contributed by atoms with Gasteiger partial charge in [-0.15, -0.1) is 0 Å². The summed E-state index contributed by atoms with van der Waals surface area (Å²) < 4.78 is 31.8. The number of benzene rings is 1. The summed E-state index contributed by atoms with van der Waals surface area (Å²) in [5, 5.41) is 11.1. The van der Waals surface area contributed by atoms with E-state index in [1.165, 1.54) is 17.0 Å². The maximum absolute atomic E-state index is 13.8. The monoisotopic (exact) mass is 532 g/mol. The summed E-state index contributed by atoms with van der Waals surface area (Å²) in [4.78, 5) is 14.6. The number of carbonyl (C=O) groups is 1. The van der Waals surface area contributed by atoms with E-state index < -0.39 is 48.0 Å². The first-order valence-electron chi connectivity index (χ1n) is 11.2. The number of nitrogens with two attached hydrogens (primary N) is 1. The maximum Gasteiger partial charge on any atom is 0.411 e. The molecule has 1 heterocycles. The van der Waals surface area contributed by atoms with Crippen molar-refractivity contribution in [3.05, 3.63) is 34.1 Å². The Morgan fingerprint density at radius 2 is 1.94 bits per heavy atom. The molecule has 1 aliphatic heterocycles. The lowest BCUT2D eigenvalue weighted by Gasteiger charge is -2.47. The highest BCUT2D eigenvalue weighted by Gasteiger charge is 2.45. The molecule has 9 heteroatoms. The van der Waals surface area contributed by atoms with Gasteiger partial charge >= 0.3 is 6.09 Å². The van der Waals surface area contributed by atoms with Crippen LogP contribution in [0.1, 0.15) is 54.0 Å².